The van der Waals surface area contributed by atoms with Crippen LogP contribution < -0.4 is 0 Å². The summed E-state index contributed by atoms with van der Waals surface area (Å²) in [6, 6.07) is 9.13. The molecule has 1 aromatic rings. The molecule has 0 bridgehead atoms. The van der Waals surface area contributed by atoms with Gasteiger partial charge in [0, 0.05) is 5.56 Å². The van der Waals surface area contributed by atoms with Gasteiger partial charge < -0.3 is 0 Å². The van der Waals surface area contributed by atoms with Crippen LogP contribution in [0.2, 0.25) is 0 Å². The maximum atomic E-state index is 3.34. The number of hydrogen-bond acceptors (Lipinski definition) is 0. The van der Waals surface area contributed by atoms with Crippen molar-refractivity contribution in [2.45, 2.75) is 110 Å². The third kappa shape index (κ3) is 7.65. The predicted molar refractivity (Wildman–Crippen MR) is 132 cm³/mol. The fraction of sp³-hybridized carbons (Fsp3) is 0.667. The molecule has 0 aromatic heterocycles. The van der Waals surface area contributed by atoms with Gasteiger partial charge in [0.25, 0.3) is 0 Å². The number of rotatable bonds is 8. The SMILES string of the molecule is CCCCCC1CCC(C=CC#Cc2ccc(C3CCC(CCC)CC3)cc2)CC1. The lowest BCUT2D eigenvalue weighted by Gasteiger charge is -2.28. The molecular formula is C30H44. The summed E-state index contributed by atoms with van der Waals surface area (Å²) in [5.41, 5.74) is 2.68. The Labute approximate surface area is 186 Å². The number of hydrogen-bond donors (Lipinski definition) is 0. The van der Waals surface area contributed by atoms with E-state index >= 15 is 0 Å². The Morgan fingerprint density at radius 1 is 0.767 bits per heavy atom. The first-order valence-electron chi connectivity index (χ1n) is 13.1. The van der Waals surface area contributed by atoms with E-state index in [1.54, 1.807) is 0 Å². The Bertz CT molecular complexity index is 667. The van der Waals surface area contributed by atoms with E-state index in [9.17, 15) is 0 Å². The van der Waals surface area contributed by atoms with Crippen molar-refractivity contribution in [3.05, 3.63) is 47.5 Å². The van der Waals surface area contributed by atoms with E-state index in [-0.39, 0.29) is 0 Å². The molecule has 0 radical (unpaired) electrons. The summed E-state index contributed by atoms with van der Waals surface area (Å²) in [4.78, 5) is 0. The Kier molecular flexibility index (Phi) is 10.1. The molecule has 3 rings (SSSR count). The lowest BCUT2D eigenvalue weighted by atomic mass is 9.77. The first kappa shape index (κ1) is 23.2. The van der Waals surface area contributed by atoms with Crippen molar-refractivity contribution in [3.63, 3.8) is 0 Å². The van der Waals surface area contributed by atoms with Gasteiger partial charge in [0.1, 0.15) is 0 Å². The van der Waals surface area contributed by atoms with Crippen molar-refractivity contribution in [1.29, 1.82) is 0 Å². The van der Waals surface area contributed by atoms with Crippen LogP contribution in [0.3, 0.4) is 0 Å². The van der Waals surface area contributed by atoms with Crippen molar-refractivity contribution in [2.24, 2.45) is 17.8 Å². The first-order valence-corrected chi connectivity index (χ1v) is 13.1. The average molecular weight is 405 g/mol. The van der Waals surface area contributed by atoms with E-state index in [0.29, 0.717) is 0 Å². The molecule has 0 heterocycles. The molecule has 2 fully saturated rings. The Hall–Kier alpha value is -1.48. The Balaban J connectivity index is 1.39. The fourth-order valence-corrected chi connectivity index (χ4v) is 5.69. The van der Waals surface area contributed by atoms with Crippen LogP contribution in [0.15, 0.2) is 36.4 Å². The topological polar surface area (TPSA) is 0 Å². The highest BCUT2D eigenvalue weighted by Crippen LogP contribution is 2.37. The van der Waals surface area contributed by atoms with Gasteiger partial charge in [-0.1, -0.05) is 82.4 Å². The van der Waals surface area contributed by atoms with Gasteiger partial charge in [-0.15, -0.1) is 0 Å². The van der Waals surface area contributed by atoms with Gasteiger partial charge in [-0.3, -0.25) is 0 Å². The van der Waals surface area contributed by atoms with Crippen LogP contribution in [0, 0.1) is 29.6 Å². The Morgan fingerprint density at radius 3 is 2.10 bits per heavy atom. The smallest absolute Gasteiger partial charge is 0.0249 e. The van der Waals surface area contributed by atoms with Gasteiger partial charge in [0.05, 0.1) is 0 Å². The molecule has 2 aliphatic rings. The van der Waals surface area contributed by atoms with E-state index < -0.39 is 0 Å². The molecule has 2 saturated carbocycles. The van der Waals surface area contributed by atoms with Crippen LogP contribution in [-0.4, -0.2) is 0 Å². The lowest BCUT2D eigenvalue weighted by molar-refractivity contribution is 0.289. The van der Waals surface area contributed by atoms with Crippen molar-refractivity contribution >= 4 is 0 Å². The lowest BCUT2D eigenvalue weighted by Crippen LogP contribution is -2.13. The molecule has 1 aromatic carbocycles. The second kappa shape index (κ2) is 13.0. The standard InChI is InChI=1S/C30H44/c1-3-5-6-10-26-13-15-27(16-14-26)11-7-8-12-28-19-23-30(24-20-28)29-21-17-25(9-4-2)18-22-29/h7,11,19-20,23-27,29H,3-6,9-10,13-18,21-22H2,1-2H3. The summed E-state index contributed by atoms with van der Waals surface area (Å²) in [5.74, 6) is 10.1. The van der Waals surface area contributed by atoms with Gasteiger partial charge in [-0.2, -0.15) is 0 Å². The molecular weight excluding hydrogens is 360 g/mol. The second-order valence-corrected chi connectivity index (χ2v) is 10.0. The summed E-state index contributed by atoms with van der Waals surface area (Å²) in [5, 5.41) is 0. The minimum absolute atomic E-state index is 0.756. The largest absolute Gasteiger partial charge is 0.0730 e. The van der Waals surface area contributed by atoms with Crippen LogP contribution in [0.25, 0.3) is 0 Å². The molecule has 164 valence electrons. The van der Waals surface area contributed by atoms with Crippen LogP contribution in [0.4, 0.5) is 0 Å². The molecule has 2 aliphatic carbocycles. The molecule has 0 amide bonds. The normalized spacial score (nSPS) is 27.0. The molecule has 0 spiro atoms. The van der Waals surface area contributed by atoms with Crippen LogP contribution in [0.1, 0.15) is 121 Å². The van der Waals surface area contributed by atoms with E-state index in [4.69, 9.17) is 0 Å². The zero-order valence-electron chi connectivity index (χ0n) is 19.7. The van der Waals surface area contributed by atoms with Crippen molar-refractivity contribution < 1.29 is 0 Å². The van der Waals surface area contributed by atoms with Crippen LogP contribution in [0.5, 0.6) is 0 Å². The number of unbranched alkanes of at least 4 members (excludes halogenated alkanes) is 2. The maximum absolute atomic E-state index is 3.34. The summed E-state index contributed by atoms with van der Waals surface area (Å²) in [7, 11) is 0. The first-order chi connectivity index (χ1) is 14.8. The number of benzene rings is 1. The van der Waals surface area contributed by atoms with Gasteiger partial charge >= 0.3 is 0 Å². The monoisotopic (exact) mass is 404 g/mol. The van der Waals surface area contributed by atoms with Crippen molar-refractivity contribution in [2.75, 3.05) is 0 Å². The quantitative estimate of drug-likeness (QED) is 0.299. The van der Waals surface area contributed by atoms with Crippen LogP contribution >= 0.6 is 0 Å². The zero-order valence-corrected chi connectivity index (χ0v) is 19.7. The molecule has 0 N–H and O–H groups in total. The summed E-state index contributed by atoms with van der Waals surface area (Å²) >= 11 is 0. The van der Waals surface area contributed by atoms with Gasteiger partial charge in [-0.25, -0.2) is 0 Å². The van der Waals surface area contributed by atoms with Gasteiger partial charge in [0.2, 0.25) is 0 Å². The minimum atomic E-state index is 0.756. The predicted octanol–water partition coefficient (Wildman–Crippen LogP) is 9.05. The molecule has 0 heteroatoms. The second-order valence-electron chi connectivity index (χ2n) is 10.0. The Morgan fingerprint density at radius 2 is 1.43 bits per heavy atom. The highest BCUT2D eigenvalue weighted by Gasteiger charge is 2.21. The molecule has 0 saturated heterocycles. The molecule has 0 aliphatic heterocycles. The van der Waals surface area contributed by atoms with E-state index in [1.807, 2.05) is 0 Å². The molecule has 0 nitrogen and oxygen atoms in total. The maximum Gasteiger partial charge on any atom is 0.0249 e. The summed E-state index contributed by atoms with van der Waals surface area (Å²) in [6.45, 7) is 4.62. The van der Waals surface area contributed by atoms with Crippen LogP contribution in [-0.2, 0) is 0 Å². The van der Waals surface area contributed by atoms with E-state index in [0.717, 1.165) is 29.2 Å². The third-order valence-corrected chi connectivity index (χ3v) is 7.70. The van der Waals surface area contributed by atoms with E-state index in [1.165, 1.54) is 95.5 Å². The highest BCUT2D eigenvalue weighted by atomic mass is 14.3. The molecule has 0 unspecified atom stereocenters. The average Bonchev–Trinajstić information content (AvgIpc) is 2.79. The summed E-state index contributed by atoms with van der Waals surface area (Å²) in [6.07, 6.45) is 24.1. The van der Waals surface area contributed by atoms with Crippen molar-refractivity contribution in [1.82, 2.24) is 0 Å². The molecule has 0 atom stereocenters. The number of allylic oxidation sites excluding steroid dienone is 2. The molecule has 30 heavy (non-hydrogen) atoms. The summed E-state index contributed by atoms with van der Waals surface area (Å²) < 4.78 is 0. The minimum Gasteiger partial charge on any atom is -0.0730 e. The van der Waals surface area contributed by atoms with E-state index in [2.05, 4.69) is 62.1 Å². The fourth-order valence-electron chi connectivity index (χ4n) is 5.69. The zero-order chi connectivity index (χ0) is 21.0. The van der Waals surface area contributed by atoms with Gasteiger partial charge in [-0.05, 0) is 98.8 Å². The highest BCUT2D eigenvalue weighted by molar-refractivity contribution is 5.39. The van der Waals surface area contributed by atoms with Crippen molar-refractivity contribution in [3.8, 4) is 11.8 Å². The third-order valence-electron chi connectivity index (χ3n) is 7.70. The van der Waals surface area contributed by atoms with Gasteiger partial charge in [0.15, 0.2) is 0 Å².